The molecule has 0 amide bonds. The molecule has 0 fully saturated rings. The lowest BCUT2D eigenvalue weighted by atomic mass is 10.1. The highest BCUT2D eigenvalue weighted by atomic mass is 32.1. The molecule has 3 aromatic rings. The van der Waals surface area contributed by atoms with Crippen LogP contribution in [0.4, 0.5) is 0 Å². The fourth-order valence-corrected chi connectivity index (χ4v) is 3.54. The molecule has 0 saturated carbocycles. The monoisotopic (exact) mass is 279 g/mol. The normalized spacial score (nSPS) is 18.0. The van der Waals surface area contributed by atoms with Crippen molar-refractivity contribution < 1.29 is 4.74 Å². The van der Waals surface area contributed by atoms with Crippen LogP contribution in [0.25, 0.3) is 10.1 Å². The number of hydrogen-bond donors (Lipinski definition) is 0. The van der Waals surface area contributed by atoms with Crippen molar-refractivity contribution in [3.63, 3.8) is 0 Å². The maximum atomic E-state index is 5.78. The molecule has 1 atom stereocenters. The highest BCUT2D eigenvalue weighted by Gasteiger charge is 2.23. The average Bonchev–Trinajstić information content (AvgIpc) is 3.14. The predicted molar refractivity (Wildman–Crippen MR) is 83.5 cm³/mol. The fourth-order valence-electron chi connectivity index (χ4n) is 2.53. The first-order valence-electron chi connectivity index (χ1n) is 6.64. The van der Waals surface area contributed by atoms with Crippen LogP contribution in [0.5, 0.6) is 0 Å². The molecular weight excluding hydrogens is 266 g/mol. The largest absolute Gasteiger partial charge is 0.475 e. The summed E-state index contributed by atoms with van der Waals surface area (Å²) < 4.78 is 7.09. The van der Waals surface area contributed by atoms with Gasteiger partial charge < -0.3 is 4.74 Å². The summed E-state index contributed by atoms with van der Waals surface area (Å²) in [6, 6.07) is 18.7. The molecule has 1 aromatic heterocycles. The Morgan fingerprint density at radius 3 is 2.70 bits per heavy atom. The third kappa shape index (κ3) is 1.91. The fraction of sp³-hybridized carbons (Fsp3) is 0.118. The minimum atomic E-state index is 0.112. The van der Waals surface area contributed by atoms with Gasteiger partial charge in [-0.25, -0.2) is 4.99 Å². The van der Waals surface area contributed by atoms with Crippen LogP contribution >= 0.6 is 11.3 Å². The van der Waals surface area contributed by atoms with Crippen molar-refractivity contribution in [3.05, 3.63) is 71.1 Å². The lowest BCUT2D eigenvalue weighted by Gasteiger charge is -2.02. The van der Waals surface area contributed by atoms with E-state index in [9.17, 15) is 0 Å². The van der Waals surface area contributed by atoms with Crippen molar-refractivity contribution in [1.29, 1.82) is 0 Å². The van der Waals surface area contributed by atoms with Gasteiger partial charge in [0, 0.05) is 10.3 Å². The van der Waals surface area contributed by atoms with Gasteiger partial charge in [0.15, 0.2) is 0 Å². The minimum Gasteiger partial charge on any atom is -0.475 e. The highest BCUT2D eigenvalue weighted by molar-refractivity contribution is 7.17. The number of benzene rings is 2. The van der Waals surface area contributed by atoms with Gasteiger partial charge in [0.1, 0.15) is 12.6 Å². The molecule has 0 spiro atoms. The van der Waals surface area contributed by atoms with E-state index < -0.39 is 0 Å². The van der Waals surface area contributed by atoms with E-state index in [2.05, 4.69) is 29.6 Å². The molecule has 0 N–H and O–H groups in total. The van der Waals surface area contributed by atoms with Crippen LogP contribution in [-0.4, -0.2) is 12.5 Å². The topological polar surface area (TPSA) is 21.6 Å². The molecule has 20 heavy (non-hydrogen) atoms. The van der Waals surface area contributed by atoms with Gasteiger partial charge in [0.2, 0.25) is 5.90 Å². The molecule has 0 aliphatic carbocycles. The Labute approximate surface area is 121 Å². The second kappa shape index (κ2) is 4.76. The number of thiophene rings is 1. The SMILES string of the molecule is c1ccc(C2=N[C@H](c3csc4ccccc34)CO2)cc1. The number of aliphatic imine (C=N–C) groups is 1. The standard InChI is InChI=1S/C17H13NOS/c1-2-6-12(7-3-1)17-18-15(10-19-17)14-11-20-16-9-5-4-8-13(14)16/h1-9,11,15H,10H2/t15-/m0/s1. The van der Waals surface area contributed by atoms with E-state index in [1.165, 1.54) is 15.6 Å². The molecule has 3 heteroatoms. The molecule has 2 nitrogen and oxygen atoms in total. The van der Waals surface area contributed by atoms with Gasteiger partial charge in [-0.2, -0.15) is 0 Å². The molecule has 2 aromatic carbocycles. The summed E-state index contributed by atoms with van der Waals surface area (Å²) in [7, 11) is 0. The van der Waals surface area contributed by atoms with Crippen LogP contribution in [0.1, 0.15) is 17.2 Å². The predicted octanol–water partition coefficient (Wildman–Crippen LogP) is 4.42. The van der Waals surface area contributed by atoms with Gasteiger partial charge in [-0.3, -0.25) is 0 Å². The number of fused-ring (bicyclic) bond motifs is 1. The zero-order chi connectivity index (χ0) is 13.4. The van der Waals surface area contributed by atoms with E-state index in [0.29, 0.717) is 6.61 Å². The summed E-state index contributed by atoms with van der Waals surface area (Å²) in [5.74, 6) is 0.755. The van der Waals surface area contributed by atoms with Crippen molar-refractivity contribution in [3.8, 4) is 0 Å². The molecule has 98 valence electrons. The van der Waals surface area contributed by atoms with Gasteiger partial charge >= 0.3 is 0 Å². The van der Waals surface area contributed by atoms with E-state index >= 15 is 0 Å². The van der Waals surface area contributed by atoms with Crippen molar-refractivity contribution in [2.24, 2.45) is 4.99 Å². The summed E-state index contributed by atoms with van der Waals surface area (Å²) >= 11 is 1.77. The molecule has 1 aliphatic rings. The smallest absolute Gasteiger partial charge is 0.216 e. The van der Waals surface area contributed by atoms with E-state index in [1.807, 2.05) is 30.3 Å². The van der Waals surface area contributed by atoms with Crippen LogP contribution in [0.15, 0.2) is 65.0 Å². The van der Waals surface area contributed by atoms with Crippen molar-refractivity contribution in [2.45, 2.75) is 6.04 Å². The summed E-state index contributed by atoms with van der Waals surface area (Å²) in [5.41, 5.74) is 2.33. The zero-order valence-electron chi connectivity index (χ0n) is 10.8. The van der Waals surface area contributed by atoms with Crippen LogP contribution < -0.4 is 0 Å². The summed E-state index contributed by atoms with van der Waals surface area (Å²) in [6.07, 6.45) is 0. The van der Waals surface area contributed by atoms with Gasteiger partial charge in [-0.1, -0.05) is 36.4 Å². The molecular formula is C17H13NOS. The van der Waals surface area contributed by atoms with Crippen LogP contribution in [0.2, 0.25) is 0 Å². The van der Waals surface area contributed by atoms with Crippen LogP contribution in [-0.2, 0) is 4.74 Å². The van der Waals surface area contributed by atoms with Crippen LogP contribution in [0.3, 0.4) is 0 Å². The average molecular weight is 279 g/mol. The molecule has 0 bridgehead atoms. The Bertz CT molecular complexity index is 776. The number of ether oxygens (including phenoxy) is 1. The number of rotatable bonds is 2. The highest BCUT2D eigenvalue weighted by Crippen LogP contribution is 2.34. The molecule has 0 saturated heterocycles. The van der Waals surface area contributed by atoms with E-state index in [0.717, 1.165) is 11.5 Å². The summed E-state index contributed by atoms with van der Waals surface area (Å²) in [5, 5.41) is 3.50. The Balaban J connectivity index is 1.73. The number of hydrogen-bond acceptors (Lipinski definition) is 3. The van der Waals surface area contributed by atoms with Gasteiger partial charge in [-0.15, -0.1) is 11.3 Å². The van der Waals surface area contributed by atoms with Gasteiger partial charge in [0.05, 0.1) is 0 Å². The zero-order valence-corrected chi connectivity index (χ0v) is 11.6. The molecule has 1 aliphatic heterocycles. The Hall–Kier alpha value is -2.13. The third-order valence-electron chi connectivity index (χ3n) is 3.54. The van der Waals surface area contributed by atoms with E-state index in [4.69, 9.17) is 9.73 Å². The van der Waals surface area contributed by atoms with Crippen molar-refractivity contribution in [1.82, 2.24) is 0 Å². The Morgan fingerprint density at radius 2 is 1.80 bits per heavy atom. The molecule has 0 radical (unpaired) electrons. The first-order chi connectivity index (χ1) is 9.92. The summed E-state index contributed by atoms with van der Waals surface area (Å²) in [4.78, 5) is 4.75. The first kappa shape index (κ1) is 11.7. The quantitative estimate of drug-likeness (QED) is 0.680. The lowest BCUT2D eigenvalue weighted by molar-refractivity contribution is 0.320. The summed E-state index contributed by atoms with van der Waals surface area (Å²) in [6.45, 7) is 0.630. The number of nitrogens with zero attached hydrogens (tertiary/aromatic N) is 1. The van der Waals surface area contributed by atoms with Gasteiger partial charge in [0.25, 0.3) is 0 Å². The lowest BCUT2D eigenvalue weighted by Crippen LogP contribution is -2.00. The Kier molecular flexibility index (Phi) is 2.78. The van der Waals surface area contributed by atoms with Gasteiger partial charge in [-0.05, 0) is 34.5 Å². The second-order valence-corrected chi connectivity index (χ2v) is 5.73. The van der Waals surface area contributed by atoms with Crippen molar-refractivity contribution in [2.75, 3.05) is 6.61 Å². The maximum absolute atomic E-state index is 5.78. The second-order valence-electron chi connectivity index (χ2n) is 4.81. The minimum absolute atomic E-state index is 0.112. The van der Waals surface area contributed by atoms with Crippen molar-refractivity contribution >= 4 is 27.3 Å². The maximum Gasteiger partial charge on any atom is 0.216 e. The Morgan fingerprint density at radius 1 is 1.00 bits per heavy atom. The third-order valence-corrected chi connectivity index (χ3v) is 4.52. The molecule has 4 rings (SSSR count). The van der Waals surface area contributed by atoms with Crippen LogP contribution in [0, 0.1) is 0 Å². The van der Waals surface area contributed by atoms with E-state index in [-0.39, 0.29) is 6.04 Å². The van der Waals surface area contributed by atoms with E-state index in [1.54, 1.807) is 11.3 Å². The molecule has 0 unspecified atom stereocenters. The molecule has 2 heterocycles. The first-order valence-corrected chi connectivity index (χ1v) is 7.52.